The summed E-state index contributed by atoms with van der Waals surface area (Å²) >= 11 is 1.63. The zero-order valence-corrected chi connectivity index (χ0v) is 76.5. The van der Waals surface area contributed by atoms with Gasteiger partial charge in [0.2, 0.25) is 0 Å². The van der Waals surface area contributed by atoms with Crippen LogP contribution in [0.15, 0.2) is 129 Å². The van der Waals surface area contributed by atoms with Crippen molar-refractivity contribution in [2.75, 3.05) is 0 Å². The fourth-order valence-electron chi connectivity index (χ4n) is 6.69. The summed E-state index contributed by atoms with van der Waals surface area (Å²) < 4.78 is 0. The number of nitrogens with one attached hydrogen (secondary N) is 2. The number of imidazole rings is 1. The number of aromatic nitrogens is 8. The van der Waals surface area contributed by atoms with Gasteiger partial charge in [0.1, 0.15) is 41.0 Å². The Kier molecular flexibility index (Phi) is 68.6. The fraction of sp³-hybridized carbons (Fsp3) is 0.591. The Morgan fingerprint density at radius 1 is 0.391 bits per heavy atom. The van der Waals surface area contributed by atoms with Crippen LogP contribution >= 0.6 is 11.3 Å². The molecule has 7 aromatic rings. The van der Waals surface area contributed by atoms with Crippen LogP contribution in [0.1, 0.15) is 367 Å². The number of thiophene rings is 1. The van der Waals surface area contributed by atoms with Gasteiger partial charge in [-0.05, 0) is 128 Å². The van der Waals surface area contributed by atoms with Gasteiger partial charge in [-0.2, -0.15) is 5.10 Å². The van der Waals surface area contributed by atoms with Crippen molar-refractivity contribution < 1.29 is 38.4 Å². The van der Waals surface area contributed by atoms with Crippen LogP contribution in [0.3, 0.4) is 0 Å². The molecule has 0 unspecified atom stereocenters. The van der Waals surface area contributed by atoms with Crippen molar-refractivity contribution in [1.29, 1.82) is 0 Å². The lowest BCUT2D eigenvalue weighted by atomic mass is 9.96. The van der Waals surface area contributed by atoms with E-state index in [1.54, 1.807) is 81.4 Å². The standard InChI is InChI=1S/C13H18O.2C12H17NO.C11H16OS.C9H18O.C6H10N2.3C5H10O.C4H4N2.2C4H10.C3H4N2/c1-9(2)11-6-5-7-12(8-11)13(14)10(3)4;1-8(2)10-5-11(7-13-6-10)12(14)9(3)4;1-8(2)10-6-5-7-11(13-10)12(14)9(3)4;1-7(2)9-5-6-10(13-9)11(12)8(3)4;1-7(2)5-6-9(10)8(3)4;1-5(2)6-7-3-4-8-6;3*1-4(2)5(3)6;1-2-5-4-6-3-1;2*1-4(2)3;1-2-4-5-3-1/h5-10H,1-4H3;2*5-9H,1-4H3;5-8H,1-4H3;7-8H,5-6H2,1-4H3;3-5H,1-2H3,(H,7,8);3*4H,1-3H3;1-4H;2*4H,1-3H3;1-3H,(H,4,5). The molecule has 0 aliphatic rings. The summed E-state index contributed by atoms with van der Waals surface area (Å²) in [5.41, 5.74) is 5.49. The second kappa shape index (κ2) is 66.8. The van der Waals surface area contributed by atoms with Crippen LogP contribution in [-0.4, -0.2) is 86.4 Å². The minimum absolute atomic E-state index is 0.0184. The number of nitrogens with zero attached hydrogens (tertiary/aromatic N) is 6. The van der Waals surface area contributed by atoms with E-state index in [9.17, 15) is 38.4 Å². The first-order valence-corrected chi connectivity index (χ1v) is 40.6. The number of rotatable bonds is 20. The number of pyridine rings is 2. The molecular weight excluding hydrogens is 1390 g/mol. The normalized spacial score (nSPS) is 10.3. The second-order valence-corrected chi connectivity index (χ2v) is 33.7. The number of benzene rings is 1. The first kappa shape index (κ1) is 113. The van der Waals surface area contributed by atoms with E-state index in [0.29, 0.717) is 47.0 Å². The van der Waals surface area contributed by atoms with Crippen LogP contribution in [0.25, 0.3) is 0 Å². The summed E-state index contributed by atoms with van der Waals surface area (Å²) in [5.74, 6) is 8.76. The molecule has 0 fully saturated rings. The van der Waals surface area contributed by atoms with Gasteiger partial charge < -0.3 is 4.98 Å². The smallest absolute Gasteiger partial charge is 0.183 e. The maximum Gasteiger partial charge on any atom is 0.183 e. The van der Waals surface area contributed by atoms with Crippen molar-refractivity contribution in [3.63, 3.8) is 0 Å². The molecule has 110 heavy (non-hydrogen) atoms. The highest BCUT2D eigenvalue weighted by atomic mass is 32.1. The van der Waals surface area contributed by atoms with E-state index < -0.39 is 0 Å². The van der Waals surface area contributed by atoms with Crippen LogP contribution in [0.4, 0.5) is 0 Å². The fourth-order valence-corrected chi connectivity index (χ4v) is 7.79. The highest BCUT2D eigenvalue weighted by Gasteiger charge is 2.17. The van der Waals surface area contributed by atoms with Gasteiger partial charge >= 0.3 is 0 Å². The molecule has 6 aromatic heterocycles. The van der Waals surface area contributed by atoms with Crippen molar-refractivity contribution in [2.45, 2.75) is 299 Å². The lowest BCUT2D eigenvalue weighted by Crippen LogP contribution is -2.10. The van der Waals surface area contributed by atoms with E-state index in [1.807, 2.05) is 172 Å². The minimum Gasteiger partial charge on any atom is -0.348 e. The van der Waals surface area contributed by atoms with Gasteiger partial charge in [-0.15, -0.1) is 11.3 Å². The van der Waals surface area contributed by atoms with Crippen molar-refractivity contribution in [3.05, 3.63) is 178 Å². The zero-order chi connectivity index (χ0) is 86.7. The van der Waals surface area contributed by atoms with Crippen LogP contribution in [0.2, 0.25) is 0 Å². The van der Waals surface area contributed by atoms with Gasteiger partial charge in [0.05, 0.1) is 4.88 Å². The number of H-pyrrole nitrogens is 2. The van der Waals surface area contributed by atoms with Gasteiger partial charge in [0.25, 0.3) is 0 Å². The minimum atomic E-state index is 0.0184. The molecular formula is C93H154N8O8S. The molecule has 17 heteroatoms. The molecule has 16 nitrogen and oxygen atoms in total. The summed E-state index contributed by atoms with van der Waals surface area (Å²) in [6.07, 6.45) is 17.2. The lowest BCUT2D eigenvalue weighted by Gasteiger charge is -2.08. The third kappa shape index (κ3) is 65.9. The van der Waals surface area contributed by atoms with E-state index in [0.717, 1.165) is 57.8 Å². The Labute approximate surface area is 673 Å². The maximum atomic E-state index is 11.7. The van der Waals surface area contributed by atoms with Gasteiger partial charge in [0.15, 0.2) is 23.1 Å². The first-order chi connectivity index (χ1) is 50.8. The summed E-state index contributed by atoms with van der Waals surface area (Å²) in [6.45, 7) is 73.9. The van der Waals surface area contributed by atoms with Gasteiger partial charge in [-0.25, -0.2) is 19.9 Å². The monoisotopic (exact) mass is 1540 g/mol. The Morgan fingerprint density at radius 2 is 0.836 bits per heavy atom. The molecule has 0 radical (unpaired) electrons. The molecule has 0 saturated heterocycles. The first-order valence-electron chi connectivity index (χ1n) is 39.8. The van der Waals surface area contributed by atoms with Crippen molar-refractivity contribution in [1.82, 2.24) is 40.1 Å². The predicted molar refractivity (Wildman–Crippen MR) is 467 cm³/mol. The average Bonchev–Trinajstić information content (AvgIpc) is 1.16. The van der Waals surface area contributed by atoms with Crippen LogP contribution in [0.5, 0.6) is 0 Å². The molecule has 0 amide bonds. The number of carbonyl (C=O) groups is 8. The third-order valence-electron chi connectivity index (χ3n) is 14.7. The SMILES string of the molecule is CC(=O)C(C)C.CC(=O)C(C)C.CC(=O)C(C)C.CC(C)C.CC(C)C.CC(C)C(=O)c1ccc(C(C)C)s1.CC(C)C(=O)c1cccc(C(C)C)c1.CC(C)C(=O)c1cccc(C(C)C)n1.CC(C)C(=O)c1cncc(C(C)C)c1.CC(C)CCC(=O)C(C)C.CC(C)c1ncc[nH]1.c1cn[nH]c1.c1cncnc1. The van der Waals surface area contributed by atoms with E-state index >= 15 is 0 Å². The molecule has 6 heterocycles. The molecule has 0 bridgehead atoms. The number of aromatic amines is 2. The third-order valence-corrected chi connectivity index (χ3v) is 16.1. The molecule has 2 N–H and O–H groups in total. The van der Waals surface area contributed by atoms with Gasteiger partial charge in [-0.1, -0.05) is 260 Å². The molecule has 0 atom stereocenters. The molecule has 0 saturated carbocycles. The number of Topliss-reactive ketones (excluding diaryl/α,β-unsaturated/α-hetero) is 8. The summed E-state index contributed by atoms with van der Waals surface area (Å²) in [7, 11) is 0. The average molecular weight is 1540 g/mol. The number of hydrogen-bond donors (Lipinski definition) is 2. The number of carbonyl (C=O) groups excluding carboxylic acids is 8. The van der Waals surface area contributed by atoms with E-state index in [4.69, 9.17) is 0 Å². The molecule has 1 aromatic carbocycles. The predicted octanol–water partition coefficient (Wildman–Crippen LogP) is 25.5. The number of hydrogen-bond acceptors (Lipinski definition) is 15. The molecule has 0 spiro atoms. The van der Waals surface area contributed by atoms with Crippen LogP contribution in [-0.2, 0) is 19.2 Å². The lowest BCUT2D eigenvalue weighted by molar-refractivity contribution is -0.122. The molecule has 0 aliphatic heterocycles. The summed E-state index contributed by atoms with van der Waals surface area (Å²) in [5, 5.41) is 6.21. The van der Waals surface area contributed by atoms with E-state index in [1.165, 1.54) is 16.8 Å². The molecule has 7 rings (SSSR count). The second-order valence-electron chi connectivity index (χ2n) is 32.6. The quantitative estimate of drug-likeness (QED) is 0.0674. The Balaban J connectivity index is -0.000000272. The van der Waals surface area contributed by atoms with Gasteiger partial charge in [-0.3, -0.25) is 48.4 Å². The van der Waals surface area contributed by atoms with Crippen LogP contribution < -0.4 is 0 Å². The largest absolute Gasteiger partial charge is 0.348 e. The topological polar surface area (TPSA) is 245 Å². The van der Waals surface area contributed by atoms with E-state index in [2.05, 4.69) is 177 Å². The number of ketones is 8. The highest BCUT2D eigenvalue weighted by molar-refractivity contribution is 7.14. The van der Waals surface area contributed by atoms with E-state index in [-0.39, 0.29) is 87.8 Å². The molecule has 0 aliphatic carbocycles. The molecule has 620 valence electrons. The highest BCUT2D eigenvalue weighted by Crippen LogP contribution is 2.26. The van der Waals surface area contributed by atoms with Crippen molar-refractivity contribution >= 4 is 57.6 Å². The zero-order valence-electron chi connectivity index (χ0n) is 75.6. The van der Waals surface area contributed by atoms with Crippen LogP contribution in [0, 0.1) is 65.1 Å². The van der Waals surface area contributed by atoms with Crippen molar-refractivity contribution in [2.24, 2.45) is 65.1 Å². The Bertz CT molecular complexity index is 3190. The Morgan fingerprint density at radius 3 is 1.14 bits per heavy atom. The maximum absolute atomic E-state index is 11.7. The summed E-state index contributed by atoms with van der Waals surface area (Å²) in [6, 6.07) is 23.1. The summed E-state index contributed by atoms with van der Waals surface area (Å²) in [4.78, 5) is 113. The Hall–Kier alpha value is -7.92. The van der Waals surface area contributed by atoms with Gasteiger partial charge in [0, 0.05) is 131 Å². The van der Waals surface area contributed by atoms with Crippen molar-refractivity contribution in [3.8, 4) is 0 Å².